The third kappa shape index (κ3) is 2.38. The van der Waals surface area contributed by atoms with Crippen molar-refractivity contribution in [2.24, 2.45) is 5.92 Å². The Balaban J connectivity index is 2.09. The van der Waals surface area contributed by atoms with Crippen LogP contribution in [-0.2, 0) is 11.3 Å². The number of hydrogen-bond acceptors (Lipinski definition) is 2. The maximum atomic E-state index is 11.6. The van der Waals surface area contributed by atoms with Crippen LogP contribution < -0.4 is 5.73 Å². The van der Waals surface area contributed by atoms with Gasteiger partial charge in [-0.1, -0.05) is 13.0 Å². The van der Waals surface area contributed by atoms with Crippen LogP contribution in [0, 0.1) is 5.92 Å². The topological polar surface area (TPSA) is 46.3 Å². The van der Waals surface area contributed by atoms with Gasteiger partial charge >= 0.3 is 0 Å². The molecule has 1 aliphatic heterocycles. The fourth-order valence-electron chi connectivity index (χ4n) is 2.03. The number of likely N-dealkylation sites (tertiary alicyclic amines) is 1. The Labute approximate surface area is 104 Å². The molecule has 1 unspecified atom stereocenters. The Morgan fingerprint density at radius 1 is 1.56 bits per heavy atom. The van der Waals surface area contributed by atoms with Gasteiger partial charge < -0.3 is 10.6 Å². The summed E-state index contributed by atoms with van der Waals surface area (Å²) in [7, 11) is 0. The first-order chi connectivity index (χ1) is 7.56. The Kier molecular flexibility index (Phi) is 3.19. The summed E-state index contributed by atoms with van der Waals surface area (Å²) in [6, 6.07) is 5.84. The number of carbonyl (C=O) groups is 1. The first kappa shape index (κ1) is 11.5. The van der Waals surface area contributed by atoms with E-state index in [-0.39, 0.29) is 5.91 Å². The molecule has 1 heterocycles. The maximum absolute atomic E-state index is 11.6. The highest BCUT2D eigenvalue weighted by Gasteiger charge is 2.26. The molecule has 3 nitrogen and oxygen atoms in total. The van der Waals surface area contributed by atoms with Crippen molar-refractivity contribution in [3.8, 4) is 0 Å². The fraction of sp³-hybridized carbons (Fsp3) is 0.417. The minimum Gasteiger partial charge on any atom is -0.398 e. The lowest BCUT2D eigenvalue weighted by atomic mass is 10.2. The maximum Gasteiger partial charge on any atom is 0.223 e. The summed E-state index contributed by atoms with van der Waals surface area (Å²) in [6.07, 6.45) is 0.673. The van der Waals surface area contributed by atoms with Crippen LogP contribution in [0.25, 0.3) is 0 Å². The largest absolute Gasteiger partial charge is 0.398 e. The van der Waals surface area contributed by atoms with E-state index in [0.29, 0.717) is 18.9 Å². The van der Waals surface area contributed by atoms with Crippen molar-refractivity contribution in [3.05, 3.63) is 28.2 Å². The molecule has 2 rings (SSSR count). The SMILES string of the molecule is CC1CC(=O)N(Cc2ccc(Br)c(N)c2)C1. The van der Waals surface area contributed by atoms with Crippen LogP contribution in [-0.4, -0.2) is 17.4 Å². The molecule has 1 aromatic rings. The van der Waals surface area contributed by atoms with E-state index < -0.39 is 0 Å². The van der Waals surface area contributed by atoms with Gasteiger partial charge in [-0.25, -0.2) is 0 Å². The average molecular weight is 283 g/mol. The summed E-state index contributed by atoms with van der Waals surface area (Å²) < 4.78 is 0.900. The lowest BCUT2D eigenvalue weighted by Crippen LogP contribution is -2.24. The molecule has 86 valence electrons. The molecule has 0 aliphatic carbocycles. The number of benzene rings is 1. The van der Waals surface area contributed by atoms with Gasteiger partial charge in [0.2, 0.25) is 5.91 Å². The Bertz CT molecular complexity index is 419. The van der Waals surface area contributed by atoms with Crippen LogP contribution in [0.3, 0.4) is 0 Å². The average Bonchev–Trinajstić information content (AvgIpc) is 2.51. The molecule has 1 fully saturated rings. The number of anilines is 1. The molecule has 16 heavy (non-hydrogen) atoms. The third-order valence-electron chi connectivity index (χ3n) is 2.84. The fourth-order valence-corrected chi connectivity index (χ4v) is 2.28. The number of nitrogen functional groups attached to an aromatic ring is 1. The van der Waals surface area contributed by atoms with E-state index in [4.69, 9.17) is 5.73 Å². The number of nitrogens with zero attached hydrogens (tertiary/aromatic N) is 1. The van der Waals surface area contributed by atoms with E-state index in [2.05, 4.69) is 22.9 Å². The zero-order valence-corrected chi connectivity index (χ0v) is 10.8. The first-order valence-corrected chi connectivity index (χ1v) is 6.17. The van der Waals surface area contributed by atoms with Crippen molar-refractivity contribution in [2.45, 2.75) is 19.9 Å². The molecule has 0 radical (unpaired) electrons. The lowest BCUT2D eigenvalue weighted by Gasteiger charge is -2.16. The molecule has 0 saturated carbocycles. The molecular formula is C12H15BrN2O. The summed E-state index contributed by atoms with van der Waals surface area (Å²) in [5, 5.41) is 0. The van der Waals surface area contributed by atoms with Crippen molar-refractivity contribution in [3.63, 3.8) is 0 Å². The van der Waals surface area contributed by atoms with Gasteiger partial charge in [0.1, 0.15) is 0 Å². The standard InChI is InChI=1S/C12H15BrN2O/c1-8-4-12(16)15(6-8)7-9-2-3-10(13)11(14)5-9/h2-3,5,8H,4,6-7,14H2,1H3. The predicted octanol–water partition coefficient (Wildman–Crippen LogP) is 2.40. The monoisotopic (exact) mass is 282 g/mol. The van der Waals surface area contributed by atoms with E-state index in [0.717, 1.165) is 22.3 Å². The second kappa shape index (κ2) is 4.45. The van der Waals surface area contributed by atoms with Gasteiger partial charge in [0.05, 0.1) is 0 Å². The number of nitrogens with two attached hydrogens (primary N) is 1. The summed E-state index contributed by atoms with van der Waals surface area (Å²) in [4.78, 5) is 13.5. The lowest BCUT2D eigenvalue weighted by molar-refractivity contribution is -0.128. The Morgan fingerprint density at radius 2 is 2.31 bits per heavy atom. The van der Waals surface area contributed by atoms with Gasteiger partial charge in [0.25, 0.3) is 0 Å². The summed E-state index contributed by atoms with van der Waals surface area (Å²) in [5.74, 6) is 0.717. The van der Waals surface area contributed by atoms with Gasteiger partial charge in [-0.2, -0.15) is 0 Å². The molecule has 1 saturated heterocycles. The summed E-state index contributed by atoms with van der Waals surface area (Å²) in [6.45, 7) is 3.63. The van der Waals surface area contributed by atoms with E-state index in [1.54, 1.807) is 0 Å². The minimum atomic E-state index is 0.244. The molecule has 2 N–H and O–H groups in total. The molecule has 0 bridgehead atoms. The molecule has 0 aromatic heterocycles. The molecule has 0 spiro atoms. The van der Waals surface area contributed by atoms with Crippen LogP contribution >= 0.6 is 15.9 Å². The molecular weight excluding hydrogens is 268 g/mol. The smallest absolute Gasteiger partial charge is 0.223 e. The summed E-state index contributed by atoms with van der Waals surface area (Å²) >= 11 is 3.36. The van der Waals surface area contributed by atoms with Gasteiger partial charge in [-0.15, -0.1) is 0 Å². The Morgan fingerprint density at radius 3 is 2.88 bits per heavy atom. The second-order valence-corrected chi connectivity index (χ2v) is 5.29. The highest BCUT2D eigenvalue weighted by molar-refractivity contribution is 9.10. The number of hydrogen-bond donors (Lipinski definition) is 1. The zero-order chi connectivity index (χ0) is 11.7. The predicted molar refractivity (Wildman–Crippen MR) is 67.8 cm³/mol. The number of halogens is 1. The van der Waals surface area contributed by atoms with Crippen LogP contribution in [0.1, 0.15) is 18.9 Å². The van der Waals surface area contributed by atoms with E-state index in [9.17, 15) is 4.79 Å². The normalized spacial score (nSPS) is 20.5. The van der Waals surface area contributed by atoms with Crippen LogP contribution in [0.15, 0.2) is 22.7 Å². The molecule has 1 atom stereocenters. The van der Waals surface area contributed by atoms with Crippen molar-refractivity contribution in [1.29, 1.82) is 0 Å². The zero-order valence-electron chi connectivity index (χ0n) is 9.24. The van der Waals surface area contributed by atoms with E-state index >= 15 is 0 Å². The van der Waals surface area contributed by atoms with Gasteiger partial charge in [-0.05, 0) is 39.5 Å². The summed E-state index contributed by atoms with van der Waals surface area (Å²) in [5.41, 5.74) is 7.61. The number of rotatable bonds is 2. The molecule has 1 amide bonds. The minimum absolute atomic E-state index is 0.244. The molecule has 1 aromatic carbocycles. The first-order valence-electron chi connectivity index (χ1n) is 5.38. The van der Waals surface area contributed by atoms with Crippen LogP contribution in [0.4, 0.5) is 5.69 Å². The second-order valence-electron chi connectivity index (χ2n) is 4.44. The van der Waals surface area contributed by atoms with Gasteiger partial charge in [-0.3, -0.25) is 4.79 Å². The van der Waals surface area contributed by atoms with Crippen molar-refractivity contribution in [1.82, 2.24) is 4.90 Å². The van der Waals surface area contributed by atoms with Gasteiger partial charge in [0, 0.05) is 29.7 Å². The van der Waals surface area contributed by atoms with Crippen molar-refractivity contribution >= 4 is 27.5 Å². The Hall–Kier alpha value is -1.03. The quantitative estimate of drug-likeness (QED) is 0.847. The third-order valence-corrected chi connectivity index (χ3v) is 3.56. The van der Waals surface area contributed by atoms with Crippen molar-refractivity contribution in [2.75, 3.05) is 12.3 Å². The van der Waals surface area contributed by atoms with Crippen molar-refractivity contribution < 1.29 is 4.79 Å². The van der Waals surface area contributed by atoms with E-state index in [1.807, 2.05) is 23.1 Å². The molecule has 1 aliphatic rings. The molecule has 4 heteroatoms. The van der Waals surface area contributed by atoms with Crippen LogP contribution in [0.2, 0.25) is 0 Å². The van der Waals surface area contributed by atoms with E-state index in [1.165, 1.54) is 0 Å². The van der Waals surface area contributed by atoms with Gasteiger partial charge in [0.15, 0.2) is 0 Å². The highest BCUT2D eigenvalue weighted by Crippen LogP contribution is 2.23. The number of carbonyl (C=O) groups excluding carboxylic acids is 1. The number of amides is 1. The van der Waals surface area contributed by atoms with Crippen LogP contribution in [0.5, 0.6) is 0 Å². The highest BCUT2D eigenvalue weighted by atomic mass is 79.9.